The summed E-state index contributed by atoms with van der Waals surface area (Å²) in [4.78, 5) is 13.5. The Labute approximate surface area is 161 Å². The van der Waals surface area contributed by atoms with E-state index in [4.69, 9.17) is 0 Å². The van der Waals surface area contributed by atoms with Crippen LogP contribution in [-0.2, 0) is 4.57 Å². The molecule has 0 saturated heterocycles. The topological polar surface area (TPSA) is 34.1 Å². The number of hydrogen-bond acceptors (Lipinski definition) is 2. The quantitative estimate of drug-likeness (QED) is 0.454. The number of rotatable bonds is 5. The SMILES string of the molecule is CCP(=O)(c1ccccc1)c1ccccc1C(=O)c1c(C)cc(C)cc1C. The summed E-state index contributed by atoms with van der Waals surface area (Å²) in [7, 11) is -2.88. The van der Waals surface area contributed by atoms with Crippen molar-refractivity contribution in [2.75, 3.05) is 6.16 Å². The van der Waals surface area contributed by atoms with E-state index in [1.54, 1.807) is 0 Å². The highest BCUT2D eigenvalue weighted by atomic mass is 31.2. The molecule has 0 bridgehead atoms. The van der Waals surface area contributed by atoms with Crippen molar-refractivity contribution >= 4 is 23.5 Å². The van der Waals surface area contributed by atoms with Crippen molar-refractivity contribution in [1.29, 1.82) is 0 Å². The maximum Gasteiger partial charge on any atom is 0.194 e. The first-order valence-electron chi connectivity index (χ1n) is 9.25. The molecule has 138 valence electrons. The second kappa shape index (κ2) is 7.66. The van der Waals surface area contributed by atoms with Gasteiger partial charge in [-0.2, -0.15) is 0 Å². The van der Waals surface area contributed by atoms with Crippen LogP contribution in [0.4, 0.5) is 0 Å². The molecule has 0 spiro atoms. The van der Waals surface area contributed by atoms with E-state index in [1.165, 1.54) is 0 Å². The molecule has 0 N–H and O–H groups in total. The molecule has 0 aliphatic rings. The van der Waals surface area contributed by atoms with Gasteiger partial charge in [0.1, 0.15) is 7.14 Å². The van der Waals surface area contributed by atoms with E-state index in [9.17, 15) is 9.36 Å². The summed E-state index contributed by atoms with van der Waals surface area (Å²) in [6, 6.07) is 20.9. The van der Waals surface area contributed by atoms with Crippen LogP contribution in [0, 0.1) is 20.8 Å². The summed E-state index contributed by atoms with van der Waals surface area (Å²) in [6.07, 6.45) is 0.479. The zero-order valence-corrected chi connectivity index (χ0v) is 17.2. The minimum absolute atomic E-state index is 0.0507. The first kappa shape index (κ1) is 19.3. The van der Waals surface area contributed by atoms with Gasteiger partial charge in [0.2, 0.25) is 0 Å². The van der Waals surface area contributed by atoms with Crippen LogP contribution in [0.15, 0.2) is 66.7 Å². The van der Waals surface area contributed by atoms with Crippen molar-refractivity contribution in [3.05, 3.63) is 94.5 Å². The van der Waals surface area contributed by atoms with Gasteiger partial charge in [0, 0.05) is 27.9 Å². The molecule has 3 rings (SSSR count). The van der Waals surface area contributed by atoms with Gasteiger partial charge in [-0.1, -0.05) is 79.2 Å². The van der Waals surface area contributed by atoms with Gasteiger partial charge >= 0.3 is 0 Å². The Morgan fingerprint density at radius 2 is 1.41 bits per heavy atom. The van der Waals surface area contributed by atoms with Crippen molar-refractivity contribution in [3.63, 3.8) is 0 Å². The van der Waals surface area contributed by atoms with Gasteiger partial charge in [0.05, 0.1) is 0 Å². The second-order valence-electron chi connectivity index (χ2n) is 7.01. The van der Waals surface area contributed by atoms with Crippen molar-refractivity contribution < 1.29 is 9.36 Å². The Balaban J connectivity index is 2.21. The third-order valence-corrected chi connectivity index (χ3v) is 8.25. The summed E-state index contributed by atoms with van der Waals surface area (Å²) in [5, 5.41) is 1.45. The van der Waals surface area contributed by atoms with Crippen molar-refractivity contribution in [3.8, 4) is 0 Å². The molecule has 0 saturated carbocycles. The Morgan fingerprint density at radius 1 is 0.852 bits per heavy atom. The standard InChI is InChI=1S/C24H25O2P/c1-5-27(26,20-11-7-6-8-12-20)22-14-10-9-13-21(22)24(25)23-18(3)15-17(2)16-19(23)4/h6-16H,5H2,1-4H3. The number of benzene rings is 3. The average molecular weight is 376 g/mol. The zero-order chi connectivity index (χ0) is 19.6. The summed E-state index contributed by atoms with van der Waals surface area (Å²) >= 11 is 0. The van der Waals surface area contributed by atoms with Crippen LogP contribution in [0.3, 0.4) is 0 Å². The average Bonchev–Trinajstić information content (AvgIpc) is 2.67. The largest absolute Gasteiger partial charge is 0.314 e. The second-order valence-corrected chi connectivity index (χ2v) is 10.1. The third kappa shape index (κ3) is 3.55. The van der Waals surface area contributed by atoms with Crippen molar-refractivity contribution in [1.82, 2.24) is 0 Å². The fourth-order valence-corrected chi connectivity index (χ4v) is 6.34. The number of aryl methyl sites for hydroxylation is 3. The maximum atomic E-state index is 14.0. The molecule has 0 radical (unpaired) electrons. The van der Waals surface area contributed by atoms with Gasteiger partial charge in [-0.15, -0.1) is 0 Å². The van der Waals surface area contributed by atoms with Gasteiger partial charge in [-0.25, -0.2) is 0 Å². The molecular formula is C24H25O2P. The first-order chi connectivity index (χ1) is 12.9. The minimum Gasteiger partial charge on any atom is -0.314 e. The highest BCUT2D eigenvalue weighted by Gasteiger charge is 2.30. The lowest BCUT2D eigenvalue weighted by Crippen LogP contribution is -2.24. The van der Waals surface area contributed by atoms with E-state index in [1.807, 2.05) is 94.4 Å². The Morgan fingerprint density at radius 3 is 2.00 bits per heavy atom. The van der Waals surface area contributed by atoms with Crippen molar-refractivity contribution in [2.24, 2.45) is 0 Å². The maximum absolute atomic E-state index is 14.0. The van der Waals surface area contributed by atoms with Crippen LogP contribution in [0.25, 0.3) is 0 Å². The summed E-state index contributed by atoms with van der Waals surface area (Å²) in [6.45, 7) is 7.89. The van der Waals surface area contributed by atoms with E-state index >= 15 is 0 Å². The molecule has 27 heavy (non-hydrogen) atoms. The molecule has 0 aromatic heterocycles. The minimum atomic E-state index is -2.88. The van der Waals surface area contributed by atoms with E-state index in [0.29, 0.717) is 22.6 Å². The lowest BCUT2D eigenvalue weighted by molar-refractivity contribution is 0.103. The van der Waals surface area contributed by atoms with Gasteiger partial charge < -0.3 is 4.57 Å². The molecule has 2 nitrogen and oxygen atoms in total. The van der Waals surface area contributed by atoms with Gasteiger partial charge in [-0.05, 0) is 31.9 Å². The molecule has 3 heteroatoms. The number of hydrogen-bond donors (Lipinski definition) is 0. The monoisotopic (exact) mass is 376 g/mol. The molecular weight excluding hydrogens is 351 g/mol. The van der Waals surface area contributed by atoms with Crippen LogP contribution in [0.1, 0.15) is 39.5 Å². The normalized spacial score (nSPS) is 13.2. The van der Waals surface area contributed by atoms with E-state index in [2.05, 4.69) is 0 Å². The molecule has 0 heterocycles. The highest BCUT2D eigenvalue weighted by molar-refractivity contribution is 7.78. The predicted molar refractivity (Wildman–Crippen MR) is 114 cm³/mol. The molecule has 1 unspecified atom stereocenters. The Hall–Kier alpha value is -2.44. The van der Waals surface area contributed by atoms with Crippen LogP contribution < -0.4 is 10.6 Å². The van der Waals surface area contributed by atoms with Crippen molar-refractivity contribution in [2.45, 2.75) is 27.7 Å². The molecule has 1 atom stereocenters. The number of carbonyl (C=O) groups is 1. The third-order valence-electron chi connectivity index (χ3n) is 5.06. The fraction of sp³-hybridized carbons (Fsp3) is 0.208. The molecule has 0 aliphatic carbocycles. The number of ketones is 1. The van der Waals surface area contributed by atoms with Gasteiger partial charge in [-0.3, -0.25) is 4.79 Å². The Bertz CT molecular complexity index is 1010. The predicted octanol–water partition coefficient (Wildman–Crippen LogP) is 5.18. The Kier molecular flexibility index (Phi) is 5.48. The molecule has 0 aliphatic heterocycles. The van der Waals surface area contributed by atoms with E-state index in [-0.39, 0.29) is 5.78 Å². The summed E-state index contributed by atoms with van der Waals surface area (Å²) in [5.41, 5.74) is 4.31. The summed E-state index contributed by atoms with van der Waals surface area (Å²) < 4.78 is 14.0. The molecule has 0 amide bonds. The zero-order valence-electron chi connectivity index (χ0n) is 16.3. The van der Waals surface area contributed by atoms with Crippen LogP contribution in [0.5, 0.6) is 0 Å². The molecule has 0 fully saturated rings. The smallest absolute Gasteiger partial charge is 0.194 e. The van der Waals surface area contributed by atoms with E-state index in [0.717, 1.165) is 22.0 Å². The number of carbonyl (C=O) groups excluding carboxylic acids is 1. The first-order valence-corrected chi connectivity index (χ1v) is 11.1. The lowest BCUT2D eigenvalue weighted by Gasteiger charge is -2.21. The molecule has 3 aromatic rings. The highest BCUT2D eigenvalue weighted by Crippen LogP contribution is 2.44. The van der Waals surface area contributed by atoms with Gasteiger partial charge in [0.25, 0.3) is 0 Å². The van der Waals surface area contributed by atoms with Crippen LogP contribution in [0.2, 0.25) is 0 Å². The van der Waals surface area contributed by atoms with Gasteiger partial charge in [0.15, 0.2) is 5.78 Å². The summed E-state index contributed by atoms with van der Waals surface area (Å²) in [5.74, 6) is -0.0507. The fourth-order valence-electron chi connectivity index (χ4n) is 3.81. The lowest BCUT2D eigenvalue weighted by atomic mass is 9.93. The molecule has 3 aromatic carbocycles. The van der Waals surface area contributed by atoms with E-state index < -0.39 is 7.14 Å². The van der Waals surface area contributed by atoms with Crippen LogP contribution >= 0.6 is 7.14 Å². The van der Waals surface area contributed by atoms with Crippen LogP contribution in [-0.4, -0.2) is 11.9 Å².